The van der Waals surface area contributed by atoms with Crippen LogP contribution in [0, 0.1) is 0 Å². The molecule has 0 aliphatic heterocycles. The average molecular weight is 210 g/mol. The van der Waals surface area contributed by atoms with Crippen LogP contribution in [0.5, 0.6) is 0 Å². The molecule has 14 heavy (non-hydrogen) atoms. The van der Waals surface area contributed by atoms with Crippen LogP contribution in [0.2, 0.25) is 0 Å². The van der Waals surface area contributed by atoms with E-state index < -0.39 is 6.03 Å². The van der Waals surface area contributed by atoms with Gasteiger partial charge in [0.05, 0.1) is 0 Å². The van der Waals surface area contributed by atoms with Crippen LogP contribution in [0.4, 0.5) is 4.79 Å². The Morgan fingerprint density at radius 2 is 2.07 bits per heavy atom. The summed E-state index contributed by atoms with van der Waals surface area (Å²) in [5.41, 5.74) is 6.15. The maximum atomic E-state index is 10.4. The second-order valence-corrected chi connectivity index (χ2v) is 3.77. The quantitative estimate of drug-likeness (QED) is 0.742. The van der Waals surface area contributed by atoms with Crippen LogP contribution in [0.1, 0.15) is 5.56 Å². The number of rotatable bonds is 4. The van der Waals surface area contributed by atoms with Crippen molar-refractivity contribution in [2.75, 3.05) is 12.8 Å². The van der Waals surface area contributed by atoms with E-state index >= 15 is 0 Å². The van der Waals surface area contributed by atoms with Crippen molar-refractivity contribution in [2.45, 2.75) is 11.3 Å². The zero-order valence-electron chi connectivity index (χ0n) is 8.12. The largest absolute Gasteiger partial charge is 0.352 e. The Kier molecular flexibility index (Phi) is 4.32. The fourth-order valence-corrected chi connectivity index (χ4v) is 1.53. The van der Waals surface area contributed by atoms with Gasteiger partial charge >= 0.3 is 6.03 Å². The molecule has 76 valence electrons. The van der Waals surface area contributed by atoms with Crippen molar-refractivity contribution in [2.24, 2.45) is 5.73 Å². The van der Waals surface area contributed by atoms with E-state index in [0.29, 0.717) is 6.54 Å². The number of amides is 2. The summed E-state index contributed by atoms with van der Waals surface area (Å²) >= 11 is 1.72. The summed E-state index contributed by atoms with van der Waals surface area (Å²) in [6.07, 6.45) is 2.86. The van der Waals surface area contributed by atoms with E-state index in [4.69, 9.17) is 5.73 Å². The second kappa shape index (κ2) is 5.54. The van der Waals surface area contributed by atoms with Gasteiger partial charge in [-0.1, -0.05) is 12.1 Å². The maximum Gasteiger partial charge on any atom is 0.312 e. The summed E-state index contributed by atoms with van der Waals surface area (Å²) in [6, 6.07) is 7.81. The molecule has 1 aromatic rings. The van der Waals surface area contributed by atoms with E-state index in [9.17, 15) is 4.79 Å². The normalized spacial score (nSPS) is 9.79. The molecule has 0 atom stereocenters. The van der Waals surface area contributed by atoms with Gasteiger partial charge in [0.15, 0.2) is 0 Å². The third-order valence-electron chi connectivity index (χ3n) is 1.87. The highest BCUT2D eigenvalue weighted by Crippen LogP contribution is 2.14. The summed E-state index contributed by atoms with van der Waals surface area (Å²) in [5, 5.41) is 2.56. The van der Waals surface area contributed by atoms with E-state index in [1.54, 1.807) is 11.8 Å². The number of nitrogens with one attached hydrogen (secondary N) is 1. The molecule has 0 bridgehead atoms. The molecule has 2 amide bonds. The van der Waals surface area contributed by atoms with Crippen LogP contribution in [0.15, 0.2) is 29.2 Å². The van der Waals surface area contributed by atoms with Gasteiger partial charge in [0.2, 0.25) is 0 Å². The number of hydrogen-bond acceptors (Lipinski definition) is 2. The summed E-state index contributed by atoms with van der Waals surface area (Å²) in [6.45, 7) is 0.591. The predicted octanol–water partition coefficient (Wildman–Crippen LogP) is 1.62. The predicted molar refractivity (Wildman–Crippen MR) is 59.5 cm³/mol. The van der Waals surface area contributed by atoms with Crippen molar-refractivity contribution in [3.8, 4) is 0 Å². The molecule has 0 heterocycles. The van der Waals surface area contributed by atoms with Crippen LogP contribution in [-0.4, -0.2) is 18.8 Å². The molecule has 0 saturated heterocycles. The first kappa shape index (κ1) is 10.9. The number of primary amides is 1. The minimum atomic E-state index is -0.467. The van der Waals surface area contributed by atoms with Gasteiger partial charge in [-0.05, 0) is 30.4 Å². The lowest BCUT2D eigenvalue weighted by Gasteiger charge is -2.03. The van der Waals surface area contributed by atoms with E-state index in [1.165, 1.54) is 10.5 Å². The Labute approximate surface area is 88.1 Å². The molecule has 4 heteroatoms. The zero-order chi connectivity index (χ0) is 10.4. The Balaban J connectivity index is 2.40. The van der Waals surface area contributed by atoms with Crippen LogP contribution in [0.3, 0.4) is 0 Å². The molecule has 0 aromatic heterocycles. The average Bonchev–Trinajstić information content (AvgIpc) is 2.18. The lowest BCUT2D eigenvalue weighted by Crippen LogP contribution is -2.30. The highest BCUT2D eigenvalue weighted by atomic mass is 32.2. The van der Waals surface area contributed by atoms with Gasteiger partial charge in [-0.3, -0.25) is 0 Å². The van der Waals surface area contributed by atoms with Crippen molar-refractivity contribution < 1.29 is 4.79 Å². The standard InChI is InChI=1S/C10H14N2OS/c1-14-9-4-2-8(3-5-9)6-7-12-10(11)13/h2-5H,6-7H2,1H3,(H3,11,12,13). The minimum absolute atomic E-state index is 0.467. The Morgan fingerprint density at radius 1 is 1.43 bits per heavy atom. The van der Waals surface area contributed by atoms with Gasteiger partial charge in [0.1, 0.15) is 0 Å². The highest BCUT2D eigenvalue weighted by Gasteiger charge is 1.95. The lowest BCUT2D eigenvalue weighted by atomic mass is 10.1. The van der Waals surface area contributed by atoms with Gasteiger partial charge in [-0.2, -0.15) is 0 Å². The molecule has 1 aromatic carbocycles. The molecular formula is C10H14N2OS. The number of benzene rings is 1. The molecule has 3 N–H and O–H groups in total. The van der Waals surface area contributed by atoms with Crippen molar-refractivity contribution in [3.63, 3.8) is 0 Å². The number of thioether (sulfide) groups is 1. The number of carbonyl (C=O) groups is 1. The number of nitrogens with two attached hydrogens (primary N) is 1. The Hall–Kier alpha value is -1.16. The fourth-order valence-electron chi connectivity index (χ4n) is 1.12. The third-order valence-corrected chi connectivity index (χ3v) is 2.62. The topological polar surface area (TPSA) is 55.1 Å². The lowest BCUT2D eigenvalue weighted by molar-refractivity contribution is 0.249. The van der Waals surface area contributed by atoms with Gasteiger partial charge in [-0.15, -0.1) is 11.8 Å². The molecule has 0 aliphatic rings. The maximum absolute atomic E-state index is 10.4. The molecule has 0 aliphatic carbocycles. The van der Waals surface area contributed by atoms with Crippen molar-refractivity contribution in [1.82, 2.24) is 5.32 Å². The van der Waals surface area contributed by atoms with Gasteiger partial charge < -0.3 is 11.1 Å². The van der Waals surface area contributed by atoms with Crippen molar-refractivity contribution >= 4 is 17.8 Å². The summed E-state index contributed by atoms with van der Waals surface area (Å²) in [5.74, 6) is 0. The van der Waals surface area contributed by atoms with Gasteiger partial charge in [-0.25, -0.2) is 4.79 Å². The summed E-state index contributed by atoms with van der Waals surface area (Å²) < 4.78 is 0. The van der Waals surface area contributed by atoms with Gasteiger partial charge in [0.25, 0.3) is 0 Å². The first-order valence-corrected chi connectivity index (χ1v) is 5.61. The smallest absolute Gasteiger partial charge is 0.312 e. The third kappa shape index (κ3) is 3.70. The van der Waals surface area contributed by atoms with E-state index in [0.717, 1.165) is 6.42 Å². The highest BCUT2D eigenvalue weighted by molar-refractivity contribution is 7.98. The SMILES string of the molecule is CSc1ccc(CCNC(N)=O)cc1. The molecule has 0 radical (unpaired) electrons. The molecular weight excluding hydrogens is 196 g/mol. The first-order valence-electron chi connectivity index (χ1n) is 4.38. The first-order chi connectivity index (χ1) is 6.72. The van der Waals surface area contributed by atoms with Crippen molar-refractivity contribution in [1.29, 1.82) is 0 Å². The number of urea groups is 1. The molecule has 0 unspecified atom stereocenters. The van der Waals surface area contributed by atoms with E-state index in [-0.39, 0.29) is 0 Å². The molecule has 0 saturated carbocycles. The van der Waals surface area contributed by atoms with Crippen LogP contribution in [0.25, 0.3) is 0 Å². The minimum Gasteiger partial charge on any atom is -0.352 e. The van der Waals surface area contributed by atoms with Gasteiger partial charge in [0, 0.05) is 11.4 Å². The fraction of sp³-hybridized carbons (Fsp3) is 0.300. The molecule has 0 spiro atoms. The Morgan fingerprint density at radius 3 is 2.57 bits per heavy atom. The molecule has 1 rings (SSSR count). The summed E-state index contributed by atoms with van der Waals surface area (Å²) in [7, 11) is 0. The number of hydrogen-bond donors (Lipinski definition) is 2. The Bertz CT molecular complexity index is 297. The van der Waals surface area contributed by atoms with Crippen LogP contribution >= 0.6 is 11.8 Å². The molecule has 0 fully saturated rings. The van der Waals surface area contributed by atoms with E-state index in [1.807, 2.05) is 6.26 Å². The zero-order valence-corrected chi connectivity index (χ0v) is 8.93. The van der Waals surface area contributed by atoms with Crippen molar-refractivity contribution in [3.05, 3.63) is 29.8 Å². The van der Waals surface area contributed by atoms with E-state index in [2.05, 4.69) is 29.6 Å². The summed E-state index contributed by atoms with van der Waals surface area (Å²) in [4.78, 5) is 11.6. The van der Waals surface area contributed by atoms with Crippen LogP contribution < -0.4 is 11.1 Å². The van der Waals surface area contributed by atoms with Crippen LogP contribution in [-0.2, 0) is 6.42 Å². The number of carbonyl (C=O) groups excluding carboxylic acids is 1. The second-order valence-electron chi connectivity index (χ2n) is 2.89. The molecule has 3 nitrogen and oxygen atoms in total. The monoisotopic (exact) mass is 210 g/mol.